The summed E-state index contributed by atoms with van der Waals surface area (Å²) in [6, 6.07) is 11.6. The summed E-state index contributed by atoms with van der Waals surface area (Å²) in [5.74, 6) is 0. The third-order valence-electron chi connectivity index (χ3n) is 2.64. The zero-order chi connectivity index (χ0) is 16.9. The Balaban J connectivity index is 2.00. The molecule has 0 heterocycles. The highest BCUT2D eigenvalue weighted by Crippen LogP contribution is 2.17. The molecule has 0 aliphatic heterocycles. The molecule has 0 aliphatic carbocycles. The maximum Gasteiger partial charge on any atom is 0.269 e. The predicted octanol–water partition coefficient (Wildman–Crippen LogP) is 2.50. The number of aliphatic imine (C=N–C) groups is 1. The van der Waals surface area contributed by atoms with Crippen molar-refractivity contribution in [1.29, 1.82) is 0 Å². The molecule has 2 aromatic rings. The fourth-order valence-electron chi connectivity index (χ4n) is 1.57. The van der Waals surface area contributed by atoms with Crippen molar-refractivity contribution < 1.29 is 13.3 Å². The van der Waals surface area contributed by atoms with Crippen LogP contribution in [0.15, 0.2) is 62.9 Å². The first-order valence-corrected chi connectivity index (χ1v) is 8.46. The summed E-state index contributed by atoms with van der Waals surface area (Å²) in [5, 5.41) is 10.5. The fourth-order valence-corrected chi connectivity index (χ4v) is 2.78. The lowest BCUT2D eigenvalue weighted by atomic mass is 10.3. The van der Waals surface area contributed by atoms with E-state index in [4.69, 9.17) is 0 Å². The van der Waals surface area contributed by atoms with Crippen LogP contribution >= 0.6 is 15.9 Å². The molecule has 0 radical (unpaired) electrons. The van der Waals surface area contributed by atoms with Crippen molar-refractivity contribution in [3.05, 3.63) is 63.1 Å². The van der Waals surface area contributed by atoms with Gasteiger partial charge in [-0.3, -0.25) is 15.5 Å². The van der Waals surface area contributed by atoms with E-state index in [0.717, 1.165) is 28.7 Å². The minimum atomic E-state index is -3.85. The van der Waals surface area contributed by atoms with Gasteiger partial charge >= 0.3 is 0 Å². The molecule has 120 valence electrons. The third-order valence-corrected chi connectivity index (χ3v) is 4.41. The Morgan fingerprint density at radius 2 is 1.87 bits per heavy atom. The third kappa shape index (κ3) is 4.84. The number of nitrogens with zero attached hydrogens (tertiary/aromatic N) is 2. The quantitative estimate of drug-likeness (QED) is 0.335. The number of rotatable bonds is 6. The van der Waals surface area contributed by atoms with Crippen molar-refractivity contribution in [2.24, 2.45) is 4.99 Å². The number of hydrogen-bond donors (Lipinski definition) is 2. The van der Waals surface area contributed by atoms with Gasteiger partial charge in [0.25, 0.3) is 15.7 Å². The van der Waals surface area contributed by atoms with E-state index in [1.165, 1.54) is 6.34 Å². The molecule has 0 unspecified atom stereocenters. The average Bonchev–Trinajstić information content (AvgIpc) is 2.52. The summed E-state index contributed by atoms with van der Waals surface area (Å²) in [6.45, 7) is 0. The maximum absolute atomic E-state index is 12.0. The Bertz CT molecular complexity index is 837. The van der Waals surface area contributed by atoms with Gasteiger partial charge in [0.1, 0.15) is 6.34 Å². The van der Waals surface area contributed by atoms with Crippen LogP contribution in [0, 0.1) is 10.1 Å². The predicted molar refractivity (Wildman–Crippen MR) is 88.8 cm³/mol. The summed E-state index contributed by atoms with van der Waals surface area (Å²) in [6.07, 6.45) is 1.19. The van der Waals surface area contributed by atoms with E-state index in [9.17, 15) is 18.5 Å². The Morgan fingerprint density at radius 3 is 2.48 bits per heavy atom. The second-order valence-corrected chi connectivity index (χ2v) is 6.84. The van der Waals surface area contributed by atoms with Crippen molar-refractivity contribution >= 4 is 43.7 Å². The van der Waals surface area contributed by atoms with Gasteiger partial charge in [0.15, 0.2) is 0 Å². The highest BCUT2D eigenvalue weighted by Gasteiger charge is 2.14. The van der Waals surface area contributed by atoms with Crippen molar-refractivity contribution in [3.8, 4) is 0 Å². The standard InChI is InChI=1S/C13H11BrN4O4S/c14-10-2-1-3-11(8-10)15-9-16-17-23(21,22)13-6-4-12(5-7-13)18(19)20/h1-9,17H,(H,15,16). The van der Waals surface area contributed by atoms with Crippen LogP contribution < -0.4 is 10.3 Å². The molecule has 0 aromatic heterocycles. The van der Waals surface area contributed by atoms with Crippen LogP contribution in [0.4, 0.5) is 11.4 Å². The molecular weight excluding hydrogens is 388 g/mol. The number of nitro groups is 1. The minimum Gasteiger partial charge on any atom is -0.298 e. The van der Waals surface area contributed by atoms with Crippen molar-refractivity contribution in [3.63, 3.8) is 0 Å². The number of nitro benzene ring substituents is 1. The average molecular weight is 399 g/mol. The number of halogens is 1. The number of sulfonamides is 1. The molecule has 2 aromatic carbocycles. The fraction of sp³-hybridized carbons (Fsp3) is 0. The first-order valence-electron chi connectivity index (χ1n) is 6.18. The van der Waals surface area contributed by atoms with E-state index in [2.05, 4.69) is 31.2 Å². The molecule has 0 bridgehead atoms. The Labute approximate surface area is 140 Å². The van der Waals surface area contributed by atoms with E-state index in [0.29, 0.717) is 5.69 Å². The first-order chi connectivity index (χ1) is 10.9. The summed E-state index contributed by atoms with van der Waals surface area (Å²) in [4.78, 5) is 15.9. The Morgan fingerprint density at radius 1 is 1.17 bits per heavy atom. The van der Waals surface area contributed by atoms with Crippen molar-refractivity contribution in [2.75, 3.05) is 0 Å². The molecule has 10 heteroatoms. The van der Waals surface area contributed by atoms with Crippen LogP contribution in [-0.4, -0.2) is 19.7 Å². The lowest BCUT2D eigenvalue weighted by Crippen LogP contribution is -2.36. The van der Waals surface area contributed by atoms with Gasteiger partial charge in [0.05, 0.1) is 15.5 Å². The zero-order valence-electron chi connectivity index (χ0n) is 11.5. The molecular formula is C13H11BrN4O4S. The topological polar surface area (TPSA) is 114 Å². The summed E-state index contributed by atoms with van der Waals surface area (Å²) in [7, 11) is -3.85. The van der Waals surface area contributed by atoms with Crippen LogP contribution in [-0.2, 0) is 10.0 Å². The normalized spacial score (nSPS) is 11.5. The van der Waals surface area contributed by atoms with E-state index in [1.807, 2.05) is 6.07 Å². The molecule has 2 N–H and O–H groups in total. The van der Waals surface area contributed by atoms with Crippen LogP contribution in [0.2, 0.25) is 0 Å². The van der Waals surface area contributed by atoms with E-state index in [1.54, 1.807) is 18.2 Å². The monoisotopic (exact) mass is 398 g/mol. The van der Waals surface area contributed by atoms with E-state index >= 15 is 0 Å². The van der Waals surface area contributed by atoms with Gasteiger partial charge in [-0.05, 0) is 30.3 Å². The number of hydrazine groups is 1. The molecule has 8 nitrogen and oxygen atoms in total. The summed E-state index contributed by atoms with van der Waals surface area (Å²) in [5.41, 5.74) is 2.79. The summed E-state index contributed by atoms with van der Waals surface area (Å²) < 4.78 is 24.8. The highest BCUT2D eigenvalue weighted by atomic mass is 79.9. The second-order valence-electron chi connectivity index (χ2n) is 4.24. The van der Waals surface area contributed by atoms with Crippen LogP contribution in [0.1, 0.15) is 0 Å². The lowest BCUT2D eigenvalue weighted by molar-refractivity contribution is -0.384. The lowest BCUT2D eigenvalue weighted by Gasteiger charge is -2.05. The van der Waals surface area contributed by atoms with Gasteiger partial charge in [0, 0.05) is 16.6 Å². The number of benzene rings is 2. The smallest absolute Gasteiger partial charge is 0.269 e. The van der Waals surface area contributed by atoms with Crippen molar-refractivity contribution in [2.45, 2.75) is 4.90 Å². The van der Waals surface area contributed by atoms with Gasteiger partial charge in [-0.15, -0.1) is 4.83 Å². The molecule has 2 rings (SSSR count). The highest BCUT2D eigenvalue weighted by molar-refractivity contribution is 9.10. The largest absolute Gasteiger partial charge is 0.298 e. The molecule has 23 heavy (non-hydrogen) atoms. The SMILES string of the molecule is O=[N+]([O-])c1ccc(S(=O)(=O)NNC=Nc2cccc(Br)c2)cc1. The zero-order valence-corrected chi connectivity index (χ0v) is 13.9. The molecule has 0 saturated heterocycles. The second kappa shape index (κ2) is 7.31. The Kier molecular flexibility index (Phi) is 5.42. The van der Waals surface area contributed by atoms with E-state index in [-0.39, 0.29) is 10.6 Å². The molecule has 0 aliphatic rings. The molecule has 0 fully saturated rings. The van der Waals surface area contributed by atoms with E-state index < -0.39 is 14.9 Å². The van der Waals surface area contributed by atoms with Gasteiger partial charge < -0.3 is 0 Å². The van der Waals surface area contributed by atoms with Gasteiger partial charge in [-0.25, -0.2) is 13.4 Å². The summed E-state index contributed by atoms with van der Waals surface area (Å²) >= 11 is 3.30. The van der Waals surface area contributed by atoms with Crippen LogP contribution in [0.3, 0.4) is 0 Å². The minimum absolute atomic E-state index is 0.105. The van der Waals surface area contributed by atoms with Gasteiger partial charge in [0.2, 0.25) is 0 Å². The van der Waals surface area contributed by atoms with Crippen LogP contribution in [0.25, 0.3) is 0 Å². The molecule has 0 atom stereocenters. The van der Waals surface area contributed by atoms with Crippen molar-refractivity contribution in [1.82, 2.24) is 10.3 Å². The van der Waals surface area contributed by atoms with Gasteiger partial charge in [-0.1, -0.05) is 22.0 Å². The number of non-ortho nitro benzene ring substituents is 1. The maximum atomic E-state index is 12.0. The molecule has 0 saturated carbocycles. The molecule has 0 amide bonds. The van der Waals surface area contributed by atoms with Gasteiger partial charge in [-0.2, -0.15) is 0 Å². The Hall–Kier alpha value is -2.30. The van der Waals surface area contributed by atoms with Crippen LogP contribution in [0.5, 0.6) is 0 Å². The first kappa shape index (κ1) is 17.1. The molecule has 0 spiro atoms. The number of hydrogen-bond acceptors (Lipinski definition) is 5. The number of nitrogens with one attached hydrogen (secondary N) is 2.